The van der Waals surface area contributed by atoms with Crippen LogP contribution in [0.15, 0.2) is 18.2 Å². The molecule has 1 aromatic rings. The molecule has 0 aromatic heterocycles. The lowest BCUT2D eigenvalue weighted by molar-refractivity contribution is -0.137. The second-order valence-electron chi connectivity index (χ2n) is 7.27. The Kier molecular flexibility index (Phi) is 11.9. The van der Waals surface area contributed by atoms with E-state index < -0.39 is 27.2 Å². The number of hydrogen-bond donors (Lipinski definition) is 2. The van der Waals surface area contributed by atoms with Gasteiger partial charge in [-0.05, 0) is 50.3 Å². The Morgan fingerprint density at radius 1 is 1.07 bits per heavy atom. The van der Waals surface area contributed by atoms with Gasteiger partial charge in [-0.1, -0.05) is 42.5 Å². The Hall–Kier alpha value is -1.02. The van der Waals surface area contributed by atoms with E-state index in [0.29, 0.717) is 47.9 Å². The van der Waals surface area contributed by atoms with Gasteiger partial charge in [-0.3, -0.25) is 4.79 Å². The molecule has 0 aliphatic heterocycles. The van der Waals surface area contributed by atoms with Crippen LogP contribution in [-0.4, -0.2) is 48.8 Å². The quantitative estimate of drug-likeness (QED) is 0.360. The minimum atomic E-state index is -3.17. The Labute approximate surface area is 183 Å². The molecule has 0 spiro atoms. The fourth-order valence-electron chi connectivity index (χ4n) is 3.02. The molecule has 0 aliphatic carbocycles. The largest absolute Gasteiger partial charge is 0.489 e. The third-order valence-corrected chi connectivity index (χ3v) is 6.87. The van der Waals surface area contributed by atoms with Crippen LogP contribution in [0.5, 0.6) is 5.75 Å². The van der Waals surface area contributed by atoms with Crippen molar-refractivity contribution in [2.24, 2.45) is 0 Å². The first kappa shape index (κ1) is 26.0. The Balaban J connectivity index is 2.31. The number of halogens is 2. The van der Waals surface area contributed by atoms with Gasteiger partial charge in [-0.15, -0.1) is 0 Å². The van der Waals surface area contributed by atoms with Crippen LogP contribution in [0.2, 0.25) is 10.0 Å². The normalized spacial score (nSPS) is 13.8. The maximum absolute atomic E-state index is 12.0. The number of carboxylic acids is 1. The summed E-state index contributed by atoms with van der Waals surface area (Å²) in [6.45, 7) is 0.0640. The van der Waals surface area contributed by atoms with Crippen LogP contribution < -0.4 is 4.74 Å². The number of carboxylic acid groups (broad SMARTS) is 1. The highest BCUT2D eigenvalue weighted by atomic mass is 35.5. The number of aliphatic hydroxyl groups excluding tert-OH is 1. The minimum absolute atomic E-state index is 0.0640. The molecule has 29 heavy (non-hydrogen) atoms. The summed E-state index contributed by atoms with van der Waals surface area (Å²) in [5.74, 6) is -0.369. The van der Waals surface area contributed by atoms with E-state index in [1.54, 1.807) is 18.2 Å². The molecule has 0 heterocycles. The number of hydrogen-bond acceptors (Lipinski definition) is 5. The first-order valence-electron chi connectivity index (χ1n) is 9.76. The van der Waals surface area contributed by atoms with Crippen LogP contribution >= 0.6 is 23.2 Å². The van der Waals surface area contributed by atoms with Gasteiger partial charge in [0.15, 0.2) is 0 Å². The van der Waals surface area contributed by atoms with Crippen LogP contribution in [0.4, 0.5) is 0 Å². The zero-order valence-electron chi connectivity index (χ0n) is 16.6. The fraction of sp³-hybridized carbons (Fsp3) is 0.650. The van der Waals surface area contributed by atoms with Gasteiger partial charge < -0.3 is 14.9 Å². The third kappa shape index (κ3) is 11.7. The van der Waals surface area contributed by atoms with Crippen molar-refractivity contribution < 1.29 is 28.2 Å². The molecule has 2 atom stereocenters. The second kappa shape index (κ2) is 13.3. The van der Waals surface area contributed by atoms with Crippen LogP contribution in [0.1, 0.15) is 57.8 Å². The maximum atomic E-state index is 12.0. The van der Waals surface area contributed by atoms with E-state index in [0.717, 1.165) is 19.3 Å². The van der Waals surface area contributed by atoms with E-state index in [9.17, 15) is 18.3 Å². The summed E-state index contributed by atoms with van der Waals surface area (Å²) in [6.07, 6.45) is 5.65. The summed E-state index contributed by atoms with van der Waals surface area (Å²) in [6, 6.07) is 4.84. The maximum Gasteiger partial charge on any atom is 0.303 e. The molecule has 0 saturated carbocycles. The lowest BCUT2D eigenvalue weighted by atomic mass is 10.0. The van der Waals surface area contributed by atoms with Crippen LogP contribution in [0, 0.1) is 0 Å². The highest BCUT2D eigenvalue weighted by molar-refractivity contribution is 7.91. The monoisotopic (exact) mass is 468 g/mol. The number of aliphatic hydroxyl groups is 1. The number of benzene rings is 1. The summed E-state index contributed by atoms with van der Waals surface area (Å²) >= 11 is 11.8. The van der Waals surface area contributed by atoms with Crippen molar-refractivity contribution in [2.75, 3.05) is 12.9 Å². The highest BCUT2D eigenvalue weighted by Gasteiger charge is 2.20. The molecule has 1 aromatic carbocycles. The van der Waals surface area contributed by atoms with Crippen molar-refractivity contribution in [3.8, 4) is 5.75 Å². The van der Waals surface area contributed by atoms with E-state index >= 15 is 0 Å². The van der Waals surface area contributed by atoms with Gasteiger partial charge in [0.25, 0.3) is 0 Å². The summed E-state index contributed by atoms with van der Waals surface area (Å²) in [7, 11) is -3.17. The predicted molar refractivity (Wildman–Crippen MR) is 116 cm³/mol. The Morgan fingerprint density at radius 2 is 1.72 bits per heavy atom. The molecule has 166 valence electrons. The van der Waals surface area contributed by atoms with Crippen molar-refractivity contribution in [1.82, 2.24) is 0 Å². The van der Waals surface area contributed by atoms with E-state index in [-0.39, 0.29) is 13.0 Å². The van der Waals surface area contributed by atoms with E-state index in [1.165, 1.54) is 6.26 Å². The molecule has 1 rings (SSSR count). The number of rotatable bonds is 15. The number of carbonyl (C=O) groups is 1. The first-order chi connectivity index (χ1) is 13.6. The lowest BCUT2D eigenvalue weighted by Crippen LogP contribution is -2.22. The molecular weight excluding hydrogens is 439 g/mol. The number of aliphatic carboxylic acids is 1. The van der Waals surface area contributed by atoms with Crippen molar-refractivity contribution in [3.63, 3.8) is 0 Å². The molecule has 2 N–H and O–H groups in total. The molecule has 0 fully saturated rings. The van der Waals surface area contributed by atoms with Crippen molar-refractivity contribution >= 4 is 39.0 Å². The van der Waals surface area contributed by atoms with E-state index in [2.05, 4.69) is 0 Å². The summed E-state index contributed by atoms with van der Waals surface area (Å²) in [4.78, 5) is 10.5. The zero-order chi connectivity index (χ0) is 21.9. The Morgan fingerprint density at radius 3 is 2.34 bits per heavy atom. The van der Waals surface area contributed by atoms with Gasteiger partial charge in [0.2, 0.25) is 0 Å². The fourth-order valence-corrected chi connectivity index (χ4v) is 4.67. The average Bonchev–Trinajstić information content (AvgIpc) is 2.61. The van der Waals surface area contributed by atoms with Crippen LogP contribution in [0.25, 0.3) is 0 Å². The smallest absolute Gasteiger partial charge is 0.303 e. The van der Waals surface area contributed by atoms with Crippen LogP contribution in [0.3, 0.4) is 0 Å². The van der Waals surface area contributed by atoms with Gasteiger partial charge in [0.1, 0.15) is 22.2 Å². The zero-order valence-corrected chi connectivity index (χ0v) is 19.0. The molecule has 0 radical (unpaired) electrons. The molecule has 0 bridgehead atoms. The molecule has 6 nitrogen and oxygen atoms in total. The molecule has 0 aliphatic rings. The number of unbranched alkanes of at least 4 members (excludes halogenated alkanes) is 3. The number of ether oxygens (including phenoxy) is 1. The molecular formula is C20H30Cl2O6S. The topological polar surface area (TPSA) is 101 Å². The van der Waals surface area contributed by atoms with Gasteiger partial charge in [-0.25, -0.2) is 8.42 Å². The van der Waals surface area contributed by atoms with E-state index in [4.69, 9.17) is 33.0 Å². The minimum Gasteiger partial charge on any atom is -0.489 e. The average molecular weight is 469 g/mol. The van der Waals surface area contributed by atoms with Crippen molar-refractivity contribution in [3.05, 3.63) is 28.2 Å². The van der Waals surface area contributed by atoms with Crippen LogP contribution in [-0.2, 0) is 14.6 Å². The summed E-state index contributed by atoms with van der Waals surface area (Å²) in [5.41, 5.74) is 0. The van der Waals surface area contributed by atoms with Gasteiger partial charge >= 0.3 is 5.97 Å². The Bertz CT molecular complexity index is 738. The summed E-state index contributed by atoms with van der Waals surface area (Å²) in [5, 5.41) is 19.1. The first-order valence-corrected chi connectivity index (χ1v) is 12.5. The van der Waals surface area contributed by atoms with Gasteiger partial charge in [0.05, 0.1) is 16.4 Å². The predicted octanol–water partition coefficient (Wildman–Crippen LogP) is 4.74. The molecule has 0 saturated heterocycles. The van der Waals surface area contributed by atoms with Crippen molar-refractivity contribution in [2.45, 2.75) is 69.1 Å². The number of sulfone groups is 1. The standard InChI is InChI=1S/C20H30Cl2O6S/c1-29(26,27)17(8-4-2-3-5-10-20(24)25)9-6-7-16(23)14-28-19-12-11-15(21)13-18(19)22/h11-13,16-17,23H,2-10,14H2,1H3,(H,24,25). The van der Waals surface area contributed by atoms with Gasteiger partial charge in [-0.2, -0.15) is 0 Å². The lowest BCUT2D eigenvalue weighted by Gasteiger charge is -2.17. The molecule has 0 amide bonds. The van der Waals surface area contributed by atoms with E-state index in [1.807, 2.05) is 0 Å². The highest BCUT2D eigenvalue weighted by Crippen LogP contribution is 2.27. The molecule has 2 unspecified atom stereocenters. The summed E-state index contributed by atoms with van der Waals surface area (Å²) < 4.78 is 29.5. The third-order valence-electron chi connectivity index (χ3n) is 4.66. The second-order valence-corrected chi connectivity index (χ2v) is 10.4. The SMILES string of the molecule is CS(=O)(=O)C(CCCCCCC(=O)O)CCCC(O)COc1ccc(Cl)cc1Cl. The van der Waals surface area contributed by atoms with Crippen molar-refractivity contribution in [1.29, 1.82) is 0 Å². The molecule has 9 heteroatoms. The van der Waals surface area contributed by atoms with Gasteiger partial charge in [0, 0.05) is 17.7 Å².